The Kier molecular flexibility index (Phi) is 7.55. The molecule has 0 bridgehead atoms. The number of esters is 1. The highest BCUT2D eigenvalue weighted by atomic mass is 35.5. The summed E-state index contributed by atoms with van der Waals surface area (Å²) < 4.78 is 10.6. The van der Waals surface area contributed by atoms with Crippen LogP contribution in [0.3, 0.4) is 0 Å². The van der Waals surface area contributed by atoms with Gasteiger partial charge in [0, 0.05) is 16.4 Å². The van der Waals surface area contributed by atoms with Crippen LogP contribution in [0, 0.1) is 0 Å². The number of allylic oxidation sites excluding steroid dienone is 1. The number of nitrogens with one attached hydrogen (secondary N) is 2. The number of nitrogens with zero attached hydrogens (tertiary/aromatic N) is 1. The molecular formula is C27H22ClN3O6. The monoisotopic (exact) mass is 519 g/mol. The summed E-state index contributed by atoms with van der Waals surface area (Å²) in [6.45, 7) is 1.57. The van der Waals surface area contributed by atoms with Crippen LogP contribution in [0.25, 0.3) is 6.08 Å². The van der Waals surface area contributed by atoms with Gasteiger partial charge in [-0.2, -0.15) is 0 Å². The summed E-state index contributed by atoms with van der Waals surface area (Å²) in [6.07, 6.45) is 1.43. The molecular weight excluding hydrogens is 498 g/mol. The molecule has 4 rings (SSSR count). The predicted octanol–water partition coefficient (Wildman–Crippen LogP) is 4.07. The van der Waals surface area contributed by atoms with E-state index in [2.05, 4.69) is 10.6 Å². The van der Waals surface area contributed by atoms with E-state index in [9.17, 15) is 19.2 Å². The number of hydrogen-bond donors (Lipinski definition) is 2. The van der Waals surface area contributed by atoms with Crippen LogP contribution in [0.5, 0.6) is 0 Å². The molecule has 0 radical (unpaired) electrons. The Morgan fingerprint density at radius 3 is 2.49 bits per heavy atom. The number of ether oxygens (including phenoxy) is 1. The number of carbonyl (C=O) groups is 4. The molecule has 2 heterocycles. The Morgan fingerprint density at radius 2 is 1.78 bits per heavy atom. The van der Waals surface area contributed by atoms with E-state index in [0.717, 1.165) is 0 Å². The Morgan fingerprint density at radius 1 is 1.03 bits per heavy atom. The van der Waals surface area contributed by atoms with Gasteiger partial charge in [0.1, 0.15) is 11.5 Å². The number of hydrogen-bond acceptors (Lipinski definition) is 6. The van der Waals surface area contributed by atoms with Gasteiger partial charge in [-0.05, 0) is 55.5 Å². The van der Waals surface area contributed by atoms with Gasteiger partial charge in [-0.15, -0.1) is 0 Å². The van der Waals surface area contributed by atoms with Crippen LogP contribution in [-0.2, 0) is 30.5 Å². The van der Waals surface area contributed by atoms with Gasteiger partial charge in [0.05, 0.1) is 30.5 Å². The Balaban J connectivity index is 1.50. The van der Waals surface area contributed by atoms with E-state index in [0.29, 0.717) is 27.9 Å². The molecule has 1 aromatic heterocycles. The van der Waals surface area contributed by atoms with Crippen molar-refractivity contribution in [3.63, 3.8) is 0 Å². The zero-order valence-corrected chi connectivity index (χ0v) is 20.7. The highest BCUT2D eigenvalue weighted by Gasteiger charge is 2.38. The predicted molar refractivity (Wildman–Crippen MR) is 137 cm³/mol. The number of anilines is 2. The van der Waals surface area contributed by atoms with Crippen LogP contribution in [0.15, 0.2) is 88.0 Å². The van der Waals surface area contributed by atoms with Crippen molar-refractivity contribution in [3.05, 3.63) is 100 Å². The quantitative estimate of drug-likeness (QED) is 0.288. The third-order valence-corrected chi connectivity index (χ3v) is 5.72. The molecule has 0 unspecified atom stereocenters. The van der Waals surface area contributed by atoms with Gasteiger partial charge in [-0.1, -0.05) is 35.9 Å². The summed E-state index contributed by atoms with van der Waals surface area (Å²) in [5, 5.41) is 5.40. The van der Waals surface area contributed by atoms with E-state index in [1.54, 1.807) is 73.7 Å². The highest BCUT2D eigenvalue weighted by molar-refractivity contribution is 6.39. The fourth-order valence-electron chi connectivity index (χ4n) is 3.77. The number of amides is 3. The molecule has 0 saturated carbocycles. The Hall–Kier alpha value is -4.63. The summed E-state index contributed by atoms with van der Waals surface area (Å²) in [4.78, 5) is 51.5. The molecule has 188 valence electrons. The SMILES string of the molecule is COC(=O)C1=C(C)N(c2cccc(Cl)c2)C(=O)/C1=C/c1ccc(CNC(=O)C(=O)Nc2ccccc2)o1. The minimum atomic E-state index is -0.838. The van der Waals surface area contributed by atoms with Gasteiger partial charge >= 0.3 is 17.8 Å². The summed E-state index contributed by atoms with van der Waals surface area (Å²) in [5.41, 5.74) is 1.55. The van der Waals surface area contributed by atoms with Crippen LogP contribution in [0.2, 0.25) is 5.02 Å². The van der Waals surface area contributed by atoms with Crippen molar-refractivity contribution in [2.45, 2.75) is 13.5 Å². The second-order valence-corrected chi connectivity index (χ2v) is 8.37. The largest absolute Gasteiger partial charge is 0.465 e. The number of methoxy groups -OCH3 is 1. The van der Waals surface area contributed by atoms with E-state index < -0.39 is 23.7 Å². The average Bonchev–Trinajstić information content (AvgIpc) is 3.44. The van der Waals surface area contributed by atoms with Crippen molar-refractivity contribution < 1.29 is 28.3 Å². The number of halogens is 1. The van der Waals surface area contributed by atoms with Crippen LogP contribution >= 0.6 is 11.6 Å². The van der Waals surface area contributed by atoms with E-state index in [1.807, 2.05) is 0 Å². The maximum absolute atomic E-state index is 13.3. The lowest BCUT2D eigenvalue weighted by Crippen LogP contribution is -2.34. The fourth-order valence-corrected chi connectivity index (χ4v) is 3.96. The first-order valence-corrected chi connectivity index (χ1v) is 11.5. The fraction of sp³-hybridized carbons (Fsp3) is 0.111. The average molecular weight is 520 g/mol. The van der Waals surface area contributed by atoms with Crippen molar-refractivity contribution >= 4 is 52.7 Å². The molecule has 37 heavy (non-hydrogen) atoms. The van der Waals surface area contributed by atoms with Crippen LogP contribution in [0.4, 0.5) is 11.4 Å². The first kappa shape index (κ1) is 25.5. The van der Waals surface area contributed by atoms with E-state index in [4.69, 9.17) is 20.8 Å². The number of para-hydroxylation sites is 1. The normalized spacial score (nSPS) is 14.2. The number of rotatable bonds is 6. The Labute approximate surface area is 217 Å². The van der Waals surface area contributed by atoms with Gasteiger partial charge in [-0.25, -0.2) is 4.79 Å². The Bertz CT molecular complexity index is 1440. The third kappa shape index (κ3) is 5.62. The summed E-state index contributed by atoms with van der Waals surface area (Å²) in [7, 11) is 1.23. The van der Waals surface area contributed by atoms with Crippen molar-refractivity contribution in [2.24, 2.45) is 0 Å². The van der Waals surface area contributed by atoms with Crippen molar-refractivity contribution in [2.75, 3.05) is 17.3 Å². The molecule has 0 saturated heterocycles. The second-order valence-electron chi connectivity index (χ2n) is 7.94. The molecule has 0 atom stereocenters. The molecule has 2 aromatic carbocycles. The summed E-state index contributed by atoms with van der Waals surface area (Å²) in [6, 6.07) is 18.4. The molecule has 9 nitrogen and oxygen atoms in total. The number of carbonyl (C=O) groups excluding carboxylic acids is 4. The molecule has 3 aromatic rings. The van der Waals surface area contributed by atoms with Gasteiger partial charge in [0.25, 0.3) is 5.91 Å². The molecule has 1 aliphatic heterocycles. The molecule has 0 aliphatic carbocycles. The van der Waals surface area contributed by atoms with Crippen LogP contribution < -0.4 is 15.5 Å². The second kappa shape index (κ2) is 11.0. The summed E-state index contributed by atoms with van der Waals surface area (Å²) >= 11 is 6.10. The first-order valence-electron chi connectivity index (χ1n) is 11.1. The van der Waals surface area contributed by atoms with Gasteiger partial charge in [0.2, 0.25) is 0 Å². The number of benzene rings is 2. The summed E-state index contributed by atoms with van der Waals surface area (Å²) in [5.74, 6) is -2.18. The lowest BCUT2D eigenvalue weighted by Gasteiger charge is -2.18. The van der Waals surface area contributed by atoms with E-state index >= 15 is 0 Å². The molecule has 3 amide bonds. The molecule has 2 N–H and O–H groups in total. The van der Waals surface area contributed by atoms with Crippen molar-refractivity contribution in [1.82, 2.24) is 5.32 Å². The third-order valence-electron chi connectivity index (χ3n) is 5.49. The highest BCUT2D eigenvalue weighted by Crippen LogP contribution is 2.36. The van der Waals surface area contributed by atoms with E-state index in [1.165, 1.54) is 18.1 Å². The molecule has 0 spiro atoms. The lowest BCUT2D eigenvalue weighted by atomic mass is 10.1. The molecule has 0 fully saturated rings. The zero-order valence-electron chi connectivity index (χ0n) is 19.9. The molecule has 1 aliphatic rings. The first-order chi connectivity index (χ1) is 17.8. The molecule has 10 heteroatoms. The maximum atomic E-state index is 13.3. The topological polar surface area (TPSA) is 118 Å². The van der Waals surface area contributed by atoms with Crippen molar-refractivity contribution in [1.29, 1.82) is 0 Å². The van der Waals surface area contributed by atoms with E-state index in [-0.39, 0.29) is 23.5 Å². The lowest BCUT2D eigenvalue weighted by molar-refractivity contribution is -0.136. The smallest absolute Gasteiger partial charge is 0.340 e. The van der Waals surface area contributed by atoms with Crippen molar-refractivity contribution in [3.8, 4) is 0 Å². The van der Waals surface area contributed by atoms with Gasteiger partial charge in [-0.3, -0.25) is 19.3 Å². The maximum Gasteiger partial charge on any atom is 0.340 e. The number of furan rings is 1. The minimum Gasteiger partial charge on any atom is -0.465 e. The van der Waals surface area contributed by atoms with Crippen LogP contribution in [-0.4, -0.2) is 30.8 Å². The standard InChI is InChI=1S/C27H22ClN3O6/c1-16-23(27(35)36-2)22(26(34)31(16)19-10-6-7-17(28)13-19)14-20-11-12-21(37-20)15-29-24(32)25(33)30-18-8-4-3-5-9-18/h3-14H,15H2,1-2H3,(H,29,32)(H,30,33)/b22-14+. The minimum absolute atomic E-state index is 0.0640. The van der Waals surface area contributed by atoms with Crippen LogP contribution in [0.1, 0.15) is 18.4 Å². The van der Waals surface area contributed by atoms with Gasteiger partial charge in [0.15, 0.2) is 0 Å². The van der Waals surface area contributed by atoms with Gasteiger partial charge < -0.3 is 19.8 Å². The zero-order chi connectivity index (χ0) is 26.5.